The van der Waals surface area contributed by atoms with Gasteiger partial charge in [-0.2, -0.15) is 0 Å². The fourth-order valence-corrected chi connectivity index (χ4v) is 3.43. The summed E-state index contributed by atoms with van der Waals surface area (Å²) in [5, 5.41) is 0.129. The molecule has 1 saturated carbocycles. The second-order valence-electron chi connectivity index (χ2n) is 4.88. The highest BCUT2D eigenvalue weighted by Crippen LogP contribution is 2.32. The Morgan fingerprint density at radius 2 is 2.05 bits per heavy atom. The van der Waals surface area contributed by atoms with Crippen LogP contribution in [0.15, 0.2) is 17.0 Å². The van der Waals surface area contributed by atoms with Crippen molar-refractivity contribution in [2.24, 2.45) is 5.92 Å². The molecule has 2 rings (SSSR count). The number of hydrogen-bond acceptors (Lipinski definition) is 4. The van der Waals surface area contributed by atoms with Gasteiger partial charge in [-0.3, -0.25) is 0 Å². The topological polar surface area (TPSA) is 60.4 Å². The lowest BCUT2D eigenvalue weighted by molar-refractivity contribution is 0.0493. The third-order valence-corrected chi connectivity index (χ3v) is 4.93. The Bertz CT molecular complexity index is 636. The van der Waals surface area contributed by atoms with Crippen LogP contribution in [-0.4, -0.2) is 21.0 Å². The molecule has 1 aromatic carbocycles. The fraction of sp³-hybridized carbons (Fsp3) is 0.462. The molecule has 0 spiro atoms. The molecule has 4 nitrogen and oxygen atoms in total. The lowest BCUT2D eigenvalue weighted by atomic mass is 10.1. The van der Waals surface area contributed by atoms with E-state index >= 15 is 0 Å². The van der Waals surface area contributed by atoms with Crippen molar-refractivity contribution in [3.63, 3.8) is 0 Å². The van der Waals surface area contributed by atoms with Crippen LogP contribution >= 0.6 is 22.3 Å². The molecule has 1 aliphatic carbocycles. The molecule has 110 valence electrons. The fourth-order valence-electron chi connectivity index (χ4n) is 1.92. The molecular formula is C13H14Cl2O4S. The molecule has 0 aromatic heterocycles. The molecule has 0 radical (unpaired) electrons. The highest BCUT2D eigenvalue weighted by Gasteiger charge is 2.23. The maximum absolute atomic E-state index is 12.0. The lowest BCUT2D eigenvalue weighted by Crippen LogP contribution is -2.10. The predicted octanol–water partition coefficient (Wildman–Crippen LogP) is 3.53. The minimum absolute atomic E-state index is 0.129. The van der Waals surface area contributed by atoms with E-state index in [1.165, 1.54) is 31.9 Å². The minimum atomic E-state index is -3.96. The van der Waals surface area contributed by atoms with Crippen molar-refractivity contribution >= 4 is 37.3 Å². The first-order valence-corrected chi connectivity index (χ1v) is 8.89. The maximum Gasteiger partial charge on any atom is 0.338 e. The van der Waals surface area contributed by atoms with Crippen LogP contribution < -0.4 is 0 Å². The van der Waals surface area contributed by atoms with Gasteiger partial charge in [-0.1, -0.05) is 24.4 Å². The molecule has 0 heterocycles. The number of rotatable bonds is 5. The Kier molecular flexibility index (Phi) is 4.62. The third kappa shape index (κ3) is 3.87. The maximum atomic E-state index is 12.0. The number of hydrogen-bond donors (Lipinski definition) is 0. The first-order valence-electron chi connectivity index (χ1n) is 6.21. The number of carbonyl (C=O) groups is 1. The average Bonchev–Trinajstić information content (AvgIpc) is 3.14. The van der Waals surface area contributed by atoms with E-state index in [0.29, 0.717) is 12.5 Å². The standard InChI is InChI=1S/C13H14Cl2O4S/c1-8-11(13(16)19-5-4-9-2-3-9)6-10(14)7-12(8)20(15,17)18/h6-7,9H,2-5H2,1H3. The summed E-state index contributed by atoms with van der Waals surface area (Å²) in [6.45, 7) is 1.83. The molecule has 0 saturated heterocycles. The van der Waals surface area contributed by atoms with Gasteiger partial charge in [0, 0.05) is 15.7 Å². The van der Waals surface area contributed by atoms with Crippen molar-refractivity contribution < 1.29 is 17.9 Å². The highest BCUT2D eigenvalue weighted by molar-refractivity contribution is 8.13. The zero-order valence-corrected chi connectivity index (χ0v) is 13.2. The Labute approximate surface area is 127 Å². The minimum Gasteiger partial charge on any atom is -0.462 e. The molecule has 0 amide bonds. The Balaban J connectivity index is 2.21. The average molecular weight is 337 g/mol. The summed E-state index contributed by atoms with van der Waals surface area (Å²) in [5.41, 5.74) is 0.383. The van der Waals surface area contributed by atoms with Crippen LogP contribution in [0.3, 0.4) is 0 Å². The number of esters is 1. The van der Waals surface area contributed by atoms with Gasteiger partial charge in [0.05, 0.1) is 17.1 Å². The van der Waals surface area contributed by atoms with Crippen LogP contribution in [0.1, 0.15) is 35.2 Å². The van der Waals surface area contributed by atoms with Gasteiger partial charge in [-0.25, -0.2) is 13.2 Å². The highest BCUT2D eigenvalue weighted by atomic mass is 35.7. The number of halogens is 2. The first-order chi connectivity index (χ1) is 9.29. The smallest absolute Gasteiger partial charge is 0.338 e. The van der Waals surface area contributed by atoms with Crippen LogP contribution in [0.25, 0.3) is 0 Å². The van der Waals surface area contributed by atoms with Crippen LogP contribution in [0.5, 0.6) is 0 Å². The van der Waals surface area contributed by atoms with Gasteiger partial charge < -0.3 is 4.74 Å². The summed E-state index contributed by atoms with van der Waals surface area (Å²) >= 11 is 5.84. The molecule has 0 bridgehead atoms. The normalized spacial score (nSPS) is 15.2. The third-order valence-electron chi connectivity index (χ3n) is 3.26. The van der Waals surface area contributed by atoms with Gasteiger partial charge in [0.1, 0.15) is 0 Å². The summed E-state index contributed by atoms with van der Waals surface area (Å²) in [4.78, 5) is 11.8. The van der Waals surface area contributed by atoms with Crippen LogP contribution in [0.4, 0.5) is 0 Å². The molecule has 1 aliphatic rings. The van der Waals surface area contributed by atoms with Crippen molar-refractivity contribution in [1.29, 1.82) is 0 Å². The first kappa shape index (κ1) is 15.6. The molecule has 0 atom stereocenters. The second kappa shape index (κ2) is 5.92. The van der Waals surface area contributed by atoms with Crippen molar-refractivity contribution in [1.82, 2.24) is 0 Å². The van der Waals surface area contributed by atoms with Gasteiger partial charge in [-0.15, -0.1) is 0 Å². The van der Waals surface area contributed by atoms with Crippen molar-refractivity contribution in [2.45, 2.75) is 31.1 Å². The van der Waals surface area contributed by atoms with Crippen molar-refractivity contribution in [3.8, 4) is 0 Å². The predicted molar refractivity (Wildman–Crippen MR) is 76.9 cm³/mol. The van der Waals surface area contributed by atoms with E-state index in [9.17, 15) is 13.2 Å². The number of benzene rings is 1. The molecule has 1 aromatic rings. The van der Waals surface area contributed by atoms with E-state index in [0.717, 1.165) is 6.42 Å². The summed E-state index contributed by atoms with van der Waals surface area (Å²) in [6.07, 6.45) is 3.21. The molecule has 0 aliphatic heterocycles. The van der Waals surface area contributed by atoms with Crippen molar-refractivity contribution in [2.75, 3.05) is 6.61 Å². The molecule has 0 unspecified atom stereocenters. The van der Waals surface area contributed by atoms with E-state index in [2.05, 4.69) is 0 Å². The quantitative estimate of drug-likeness (QED) is 0.609. The van der Waals surface area contributed by atoms with Gasteiger partial charge in [0.15, 0.2) is 0 Å². The largest absolute Gasteiger partial charge is 0.462 e. The van der Waals surface area contributed by atoms with Gasteiger partial charge in [-0.05, 0) is 37.0 Å². The number of carbonyl (C=O) groups excluding carboxylic acids is 1. The van der Waals surface area contributed by atoms with Crippen molar-refractivity contribution in [3.05, 3.63) is 28.3 Å². The summed E-state index contributed by atoms with van der Waals surface area (Å²) in [5.74, 6) is 0.0780. The van der Waals surface area contributed by atoms with E-state index < -0.39 is 15.0 Å². The molecule has 1 fully saturated rings. The lowest BCUT2D eigenvalue weighted by Gasteiger charge is -2.10. The zero-order valence-electron chi connectivity index (χ0n) is 10.9. The van der Waals surface area contributed by atoms with Gasteiger partial charge in [0.2, 0.25) is 0 Å². The number of ether oxygens (including phenoxy) is 1. The van der Waals surface area contributed by atoms with E-state index in [4.69, 9.17) is 27.0 Å². The molecular weight excluding hydrogens is 323 g/mol. The van der Waals surface area contributed by atoms with Crippen LogP contribution in [-0.2, 0) is 13.8 Å². The Morgan fingerprint density at radius 3 is 2.60 bits per heavy atom. The van der Waals surface area contributed by atoms with Crippen LogP contribution in [0.2, 0.25) is 5.02 Å². The van der Waals surface area contributed by atoms with Crippen LogP contribution in [0, 0.1) is 12.8 Å². The van der Waals surface area contributed by atoms with E-state index in [1.54, 1.807) is 0 Å². The van der Waals surface area contributed by atoms with E-state index in [-0.39, 0.29) is 21.0 Å². The SMILES string of the molecule is Cc1c(C(=O)OCCC2CC2)cc(Cl)cc1S(=O)(=O)Cl. The van der Waals surface area contributed by atoms with Gasteiger partial charge >= 0.3 is 5.97 Å². The Morgan fingerprint density at radius 1 is 1.40 bits per heavy atom. The summed E-state index contributed by atoms with van der Waals surface area (Å²) < 4.78 is 28.0. The molecule has 20 heavy (non-hydrogen) atoms. The zero-order chi connectivity index (χ0) is 14.9. The molecule has 0 N–H and O–H groups in total. The summed E-state index contributed by atoms with van der Waals surface area (Å²) in [7, 11) is 1.37. The van der Waals surface area contributed by atoms with E-state index in [1.807, 2.05) is 0 Å². The molecule has 7 heteroatoms. The summed E-state index contributed by atoms with van der Waals surface area (Å²) in [6, 6.07) is 2.61. The second-order valence-corrected chi connectivity index (χ2v) is 7.85. The van der Waals surface area contributed by atoms with Gasteiger partial charge in [0.25, 0.3) is 9.05 Å². The Hall–Kier alpha value is -0.780. The monoisotopic (exact) mass is 336 g/mol.